The molecule has 1 atom stereocenters. The first-order valence-electron chi connectivity index (χ1n) is 6.56. The van der Waals surface area contributed by atoms with Gasteiger partial charge in [0.2, 0.25) is 0 Å². The van der Waals surface area contributed by atoms with Gasteiger partial charge in [-0.2, -0.15) is 0 Å². The van der Waals surface area contributed by atoms with E-state index < -0.39 is 0 Å². The van der Waals surface area contributed by atoms with Crippen LogP contribution >= 0.6 is 11.6 Å². The van der Waals surface area contributed by atoms with Gasteiger partial charge in [0.05, 0.1) is 6.61 Å². The van der Waals surface area contributed by atoms with E-state index in [2.05, 4.69) is 38.1 Å². The van der Waals surface area contributed by atoms with Crippen molar-refractivity contribution in [1.29, 1.82) is 0 Å². The molecule has 17 heavy (non-hydrogen) atoms. The van der Waals surface area contributed by atoms with Crippen LogP contribution < -0.4 is 4.74 Å². The standard InChI is InChI=1S/C15H23ClO/c1-3-13(2)14-7-9-15(10-8-14)17-12-6-4-5-11-16/h7-10,13H,3-6,11-12H2,1-2H3. The van der Waals surface area contributed by atoms with Crippen LogP contribution in [0.5, 0.6) is 5.75 Å². The molecule has 1 unspecified atom stereocenters. The van der Waals surface area contributed by atoms with E-state index in [4.69, 9.17) is 16.3 Å². The first kappa shape index (κ1) is 14.4. The summed E-state index contributed by atoms with van der Waals surface area (Å²) in [5, 5.41) is 0. The Bertz CT molecular complexity index is 294. The molecule has 1 nitrogen and oxygen atoms in total. The maximum atomic E-state index is 5.68. The molecule has 0 aliphatic heterocycles. The third-order valence-electron chi connectivity index (χ3n) is 3.11. The zero-order chi connectivity index (χ0) is 12.5. The first-order valence-corrected chi connectivity index (χ1v) is 7.10. The van der Waals surface area contributed by atoms with Crippen LogP contribution in [-0.4, -0.2) is 12.5 Å². The smallest absolute Gasteiger partial charge is 0.119 e. The van der Waals surface area contributed by atoms with Gasteiger partial charge < -0.3 is 4.74 Å². The van der Waals surface area contributed by atoms with Crippen LogP contribution in [0.25, 0.3) is 0 Å². The second kappa shape index (κ2) is 8.41. The molecule has 1 aromatic rings. The second-order valence-electron chi connectivity index (χ2n) is 4.48. The first-order chi connectivity index (χ1) is 8.27. The Hall–Kier alpha value is -0.690. The zero-order valence-electron chi connectivity index (χ0n) is 10.9. The summed E-state index contributed by atoms with van der Waals surface area (Å²) in [6, 6.07) is 8.48. The van der Waals surface area contributed by atoms with Crippen LogP contribution in [0.2, 0.25) is 0 Å². The van der Waals surface area contributed by atoms with Crippen molar-refractivity contribution in [2.75, 3.05) is 12.5 Å². The molecule has 2 heteroatoms. The molecule has 0 aromatic heterocycles. The minimum Gasteiger partial charge on any atom is -0.494 e. The number of alkyl halides is 1. The lowest BCUT2D eigenvalue weighted by molar-refractivity contribution is 0.306. The third kappa shape index (κ3) is 5.45. The van der Waals surface area contributed by atoms with Gasteiger partial charge in [-0.05, 0) is 49.3 Å². The summed E-state index contributed by atoms with van der Waals surface area (Å²) in [7, 11) is 0. The highest BCUT2D eigenvalue weighted by molar-refractivity contribution is 6.17. The monoisotopic (exact) mass is 254 g/mol. The third-order valence-corrected chi connectivity index (χ3v) is 3.38. The predicted octanol–water partition coefficient (Wildman–Crippen LogP) is 4.99. The van der Waals surface area contributed by atoms with Gasteiger partial charge in [0.25, 0.3) is 0 Å². The van der Waals surface area contributed by atoms with Gasteiger partial charge >= 0.3 is 0 Å². The fourth-order valence-electron chi connectivity index (χ4n) is 1.69. The summed E-state index contributed by atoms with van der Waals surface area (Å²) in [6.07, 6.45) is 4.49. The molecule has 0 fully saturated rings. The SMILES string of the molecule is CCC(C)c1ccc(OCCCCCCl)cc1. The van der Waals surface area contributed by atoms with E-state index >= 15 is 0 Å². The van der Waals surface area contributed by atoms with Crippen LogP contribution in [0.15, 0.2) is 24.3 Å². The normalized spacial score (nSPS) is 12.4. The fraction of sp³-hybridized carbons (Fsp3) is 0.600. The van der Waals surface area contributed by atoms with Crippen LogP contribution in [0.1, 0.15) is 51.0 Å². The minimum absolute atomic E-state index is 0.632. The summed E-state index contributed by atoms with van der Waals surface area (Å²) >= 11 is 5.62. The van der Waals surface area contributed by atoms with Crippen molar-refractivity contribution in [3.05, 3.63) is 29.8 Å². The van der Waals surface area contributed by atoms with Crippen molar-refractivity contribution in [2.45, 2.75) is 45.4 Å². The number of benzene rings is 1. The van der Waals surface area contributed by atoms with Crippen LogP contribution in [0, 0.1) is 0 Å². The van der Waals surface area contributed by atoms with Crippen molar-refractivity contribution < 1.29 is 4.74 Å². The molecule has 1 aromatic carbocycles. The molecular formula is C15H23ClO. The average molecular weight is 255 g/mol. The van der Waals surface area contributed by atoms with E-state index in [0.717, 1.165) is 37.5 Å². The predicted molar refractivity (Wildman–Crippen MR) is 75.2 cm³/mol. The van der Waals surface area contributed by atoms with Gasteiger partial charge in [-0.15, -0.1) is 11.6 Å². The molecule has 0 amide bonds. The molecule has 0 spiro atoms. The summed E-state index contributed by atoms with van der Waals surface area (Å²) in [5.41, 5.74) is 1.39. The Morgan fingerprint density at radius 2 is 1.82 bits per heavy atom. The maximum Gasteiger partial charge on any atom is 0.119 e. The number of rotatable bonds is 8. The summed E-state index contributed by atoms with van der Waals surface area (Å²) < 4.78 is 5.68. The molecule has 0 N–H and O–H groups in total. The van der Waals surface area contributed by atoms with E-state index in [1.807, 2.05) is 0 Å². The van der Waals surface area contributed by atoms with Crippen LogP contribution in [0.4, 0.5) is 0 Å². The topological polar surface area (TPSA) is 9.23 Å². The van der Waals surface area contributed by atoms with Gasteiger partial charge in [0, 0.05) is 5.88 Å². The highest BCUT2D eigenvalue weighted by Crippen LogP contribution is 2.21. The quantitative estimate of drug-likeness (QED) is 0.469. The van der Waals surface area contributed by atoms with E-state index in [0.29, 0.717) is 5.92 Å². The molecule has 1 rings (SSSR count). The van der Waals surface area contributed by atoms with Gasteiger partial charge in [-0.1, -0.05) is 26.0 Å². The number of hydrogen-bond donors (Lipinski definition) is 0. The molecule has 0 saturated carbocycles. The van der Waals surface area contributed by atoms with Crippen LogP contribution in [0.3, 0.4) is 0 Å². The van der Waals surface area contributed by atoms with E-state index in [9.17, 15) is 0 Å². The lowest BCUT2D eigenvalue weighted by Gasteiger charge is -2.10. The molecule has 0 radical (unpaired) electrons. The summed E-state index contributed by atoms with van der Waals surface area (Å²) in [4.78, 5) is 0. The Labute approximate surface area is 110 Å². The fourth-order valence-corrected chi connectivity index (χ4v) is 1.88. The lowest BCUT2D eigenvalue weighted by Crippen LogP contribution is -1.98. The van der Waals surface area contributed by atoms with E-state index in [-0.39, 0.29) is 0 Å². The molecule has 0 bridgehead atoms. The second-order valence-corrected chi connectivity index (χ2v) is 4.85. The van der Waals surface area contributed by atoms with Crippen molar-refractivity contribution in [1.82, 2.24) is 0 Å². The van der Waals surface area contributed by atoms with Gasteiger partial charge in [-0.25, -0.2) is 0 Å². The van der Waals surface area contributed by atoms with E-state index in [1.54, 1.807) is 0 Å². The Balaban J connectivity index is 2.30. The zero-order valence-corrected chi connectivity index (χ0v) is 11.7. The number of halogens is 1. The Morgan fingerprint density at radius 3 is 2.41 bits per heavy atom. The molecule has 0 saturated heterocycles. The highest BCUT2D eigenvalue weighted by atomic mass is 35.5. The molecule has 0 heterocycles. The summed E-state index contributed by atoms with van der Waals surface area (Å²) in [6.45, 7) is 5.26. The Kier molecular flexibility index (Phi) is 7.11. The molecule has 96 valence electrons. The Morgan fingerprint density at radius 1 is 1.12 bits per heavy atom. The highest BCUT2D eigenvalue weighted by Gasteiger charge is 2.02. The van der Waals surface area contributed by atoms with Gasteiger partial charge in [0.15, 0.2) is 0 Å². The van der Waals surface area contributed by atoms with E-state index in [1.165, 1.54) is 12.0 Å². The summed E-state index contributed by atoms with van der Waals surface area (Å²) in [5.74, 6) is 2.36. The lowest BCUT2D eigenvalue weighted by atomic mass is 9.99. The number of hydrogen-bond acceptors (Lipinski definition) is 1. The minimum atomic E-state index is 0.632. The molecular weight excluding hydrogens is 232 g/mol. The van der Waals surface area contributed by atoms with Crippen molar-refractivity contribution in [3.63, 3.8) is 0 Å². The van der Waals surface area contributed by atoms with Crippen molar-refractivity contribution in [2.24, 2.45) is 0 Å². The van der Waals surface area contributed by atoms with Crippen LogP contribution in [-0.2, 0) is 0 Å². The van der Waals surface area contributed by atoms with Crippen molar-refractivity contribution in [3.8, 4) is 5.75 Å². The van der Waals surface area contributed by atoms with Gasteiger partial charge in [-0.3, -0.25) is 0 Å². The number of ether oxygens (including phenoxy) is 1. The average Bonchev–Trinajstić information content (AvgIpc) is 2.38. The van der Waals surface area contributed by atoms with Gasteiger partial charge in [0.1, 0.15) is 5.75 Å². The molecule has 0 aliphatic carbocycles. The van der Waals surface area contributed by atoms with Crippen molar-refractivity contribution >= 4 is 11.6 Å². The largest absolute Gasteiger partial charge is 0.494 e. The number of unbranched alkanes of at least 4 members (excludes halogenated alkanes) is 2. The molecule has 0 aliphatic rings. The maximum absolute atomic E-state index is 5.68.